The average Bonchev–Trinajstić information content (AvgIpc) is 2.67. The quantitative estimate of drug-likeness (QED) is 0.567. The lowest BCUT2D eigenvalue weighted by atomic mass is 9.78. The van der Waals surface area contributed by atoms with Crippen LogP contribution in [-0.2, 0) is 16.1 Å². The highest BCUT2D eigenvalue weighted by Gasteiger charge is 2.39. The maximum Gasteiger partial charge on any atom is 0.228 e. The zero-order valence-corrected chi connectivity index (χ0v) is 19.4. The van der Waals surface area contributed by atoms with Crippen molar-refractivity contribution >= 4 is 30.7 Å². The van der Waals surface area contributed by atoms with Gasteiger partial charge in [0.15, 0.2) is 11.5 Å². The van der Waals surface area contributed by atoms with Crippen LogP contribution in [0.5, 0.6) is 11.5 Å². The first-order valence-electron chi connectivity index (χ1n) is 9.43. The molecule has 0 spiro atoms. The summed E-state index contributed by atoms with van der Waals surface area (Å²) in [5.74, 6) is 1.44. The molecule has 29 heavy (non-hydrogen) atoms. The van der Waals surface area contributed by atoms with Crippen LogP contribution in [0.4, 0.5) is 0 Å². The molecule has 1 saturated heterocycles. The van der Waals surface area contributed by atoms with Crippen LogP contribution >= 0.6 is 24.8 Å². The second kappa shape index (κ2) is 13.9. The van der Waals surface area contributed by atoms with Crippen molar-refractivity contribution in [2.75, 3.05) is 61.2 Å². The lowest BCUT2D eigenvalue weighted by Crippen LogP contribution is -2.49. The summed E-state index contributed by atoms with van der Waals surface area (Å²) < 4.78 is 16.6. The average molecular weight is 452 g/mol. The highest BCUT2D eigenvalue weighted by molar-refractivity contribution is 5.85. The maximum atomic E-state index is 12.8. The molecule has 0 atom stereocenters. The number of benzene rings is 1. The molecule has 2 N–H and O–H groups in total. The third-order valence-corrected chi connectivity index (χ3v) is 4.94. The molecule has 1 aromatic rings. The van der Waals surface area contributed by atoms with Crippen LogP contribution in [0, 0.1) is 5.41 Å². The van der Waals surface area contributed by atoms with Gasteiger partial charge >= 0.3 is 0 Å². The summed E-state index contributed by atoms with van der Waals surface area (Å²) in [7, 11) is 7.28. The lowest BCUT2D eigenvalue weighted by molar-refractivity contribution is -0.136. The SMILES string of the molecule is COCC1(C(=O)NCc2ccc(OCCN(C)C)c(OC)c2)CCNCC1.Cl.Cl. The van der Waals surface area contributed by atoms with E-state index in [0.717, 1.165) is 38.0 Å². The van der Waals surface area contributed by atoms with Gasteiger partial charge in [0.1, 0.15) is 6.61 Å². The molecular weight excluding hydrogens is 417 g/mol. The van der Waals surface area contributed by atoms with Gasteiger partial charge in [-0.2, -0.15) is 0 Å². The monoisotopic (exact) mass is 451 g/mol. The Morgan fingerprint density at radius 2 is 1.86 bits per heavy atom. The van der Waals surface area contributed by atoms with E-state index in [1.54, 1.807) is 14.2 Å². The Hall–Kier alpha value is -1.25. The molecule has 1 aliphatic heterocycles. The van der Waals surface area contributed by atoms with Crippen molar-refractivity contribution in [1.29, 1.82) is 0 Å². The summed E-state index contributed by atoms with van der Waals surface area (Å²) in [4.78, 5) is 14.9. The van der Waals surface area contributed by atoms with Crippen molar-refractivity contribution in [2.45, 2.75) is 19.4 Å². The highest BCUT2D eigenvalue weighted by atomic mass is 35.5. The minimum Gasteiger partial charge on any atom is -0.493 e. The van der Waals surface area contributed by atoms with Crippen molar-refractivity contribution in [3.8, 4) is 11.5 Å². The summed E-state index contributed by atoms with van der Waals surface area (Å²) in [5, 5.41) is 6.38. The normalized spacial score (nSPS) is 15.1. The van der Waals surface area contributed by atoms with Crippen LogP contribution in [0.15, 0.2) is 18.2 Å². The molecule has 1 aliphatic rings. The van der Waals surface area contributed by atoms with Crippen molar-refractivity contribution in [2.24, 2.45) is 5.41 Å². The number of carbonyl (C=O) groups is 1. The molecule has 168 valence electrons. The number of nitrogens with one attached hydrogen (secondary N) is 2. The van der Waals surface area contributed by atoms with Crippen molar-refractivity contribution in [1.82, 2.24) is 15.5 Å². The lowest BCUT2D eigenvalue weighted by Gasteiger charge is -2.35. The molecule has 0 radical (unpaired) electrons. The molecular formula is C20H35Cl2N3O4. The molecule has 0 unspecified atom stereocenters. The van der Waals surface area contributed by atoms with E-state index in [2.05, 4.69) is 15.5 Å². The van der Waals surface area contributed by atoms with Gasteiger partial charge in [0.25, 0.3) is 0 Å². The third-order valence-electron chi connectivity index (χ3n) is 4.94. The molecule has 2 rings (SSSR count). The highest BCUT2D eigenvalue weighted by Crippen LogP contribution is 2.30. The Kier molecular flexibility index (Phi) is 13.3. The van der Waals surface area contributed by atoms with Crippen LogP contribution in [-0.4, -0.2) is 72.0 Å². The van der Waals surface area contributed by atoms with Crippen LogP contribution in [0.2, 0.25) is 0 Å². The molecule has 0 aromatic heterocycles. The maximum absolute atomic E-state index is 12.8. The first kappa shape index (κ1) is 27.8. The van der Waals surface area contributed by atoms with E-state index < -0.39 is 5.41 Å². The fraction of sp³-hybridized carbons (Fsp3) is 0.650. The minimum atomic E-state index is -0.445. The third kappa shape index (κ3) is 8.18. The number of rotatable bonds is 10. The number of halogens is 2. The molecule has 1 aromatic carbocycles. The van der Waals surface area contributed by atoms with Crippen LogP contribution in [0.1, 0.15) is 18.4 Å². The van der Waals surface area contributed by atoms with Gasteiger partial charge in [0, 0.05) is 20.2 Å². The number of hydrogen-bond donors (Lipinski definition) is 2. The van der Waals surface area contributed by atoms with E-state index in [1.165, 1.54) is 0 Å². The van der Waals surface area contributed by atoms with Crippen molar-refractivity contribution in [3.63, 3.8) is 0 Å². The summed E-state index contributed by atoms with van der Waals surface area (Å²) in [6.45, 7) is 3.99. The number of methoxy groups -OCH3 is 2. The number of nitrogens with zero attached hydrogens (tertiary/aromatic N) is 1. The molecule has 0 bridgehead atoms. The molecule has 7 nitrogen and oxygen atoms in total. The summed E-state index contributed by atoms with van der Waals surface area (Å²) in [6.07, 6.45) is 1.57. The van der Waals surface area contributed by atoms with Crippen molar-refractivity contribution in [3.05, 3.63) is 23.8 Å². The fourth-order valence-electron chi connectivity index (χ4n) is 3.27. The Morgan fingerprint density at radius 3 is 2.45 bits per heavy atom. The Labute approximate surface area is 186 Å². The zero-order chi connectivity index (χ0) is 19.7. The fourth-order valence-corrected chi connectivity index (χ4v) is 3.27. The predicted octanol–water partition coefficient (Wildman–Crippen LogP) is 2.11. The number of hydrogen-bond acceptors (Lipinski definition) is 6. The van der Waals surface area contributed by atoms with Gasteiger partial charge in [-0.05, 0) is 57.7 Å². The van der Waals surface area contributed by atoms with Crippen LogP contribution in [0.3, 0.4) is 0 Å². The zero-order valence-electron chi connectivity index (χ0n) is 17.8. The van der Waals surface area contributed by atoms with E-state index >= 15 is 0 Å². The molecule has 0 saturated carbocycles. The van der Waals surface area contributed by atoms with Crippen LogP contribution < -0.4 is 20.1 Å². The molecule has 0 aliphatic carbocycles. The predicted molar refractivity (Wildman–Crippen MR) is 120 cm³/mol. The van der Waals surface area contributed by atoms with Crippen molar-refractivity contribution < 1.29 is 19.0 Å². The van der Waals surface area contributed by atoms with E-state index in [0.29, 0.717) is 31.3 Å². The Morgan fingerprint density at radius 1 is 1.17 bits per heavy atom. The summed E-state index contributed by atoms with van der Waals surface area (Å²) in [6, 6.07) is 5.77. The van der Waals surface area contributed by atoms with E-state index in [1.807, 2.05) is 32.3 Å². The van der Waals surface area contributed by atoms with Gasteiger partial charge in [-0.3, -0.25) is 4.79 Å². The first-order chi connectivity index (χ1) is 13.0. The molecule has 1 heterocycles. The molecule has 9 heteroatoms. The van der Waals surface area contributed by atoms with E-state index in [4.69, 9.17) is 14.2 Å². The van der Waals surface area contributed by atoms with Gasteiger partial charge in [-0.25, -0.2) is 0 Å². The van der Waals surface area contributed by atoms with E-state index in [9.17, 15) is 4.79 Å². The smallest absolute Gasteiger partial charge is 0.228 e. The largest absolute Gasteiger partial charge is 0.493 e. The number of amides is 1. The Balaban J connectivity index is 0.00000392. The molecule has 1 fully saturated rings. The first-order valence-corrected chi connectivity index (χ1v) is 9.43. The van der Waals surface area contributed by atoms with E-state index in [-0.39, 0.29) is 30.7 Å². The summed E-state index contributed by atoms with van der Waals surface area (Å²) in [5.41, 5.74) is 0.529. The molecule has 1 amide bonds. The number of carbonyl (C=O) groups excluding carboxylic acids is 1. The minimum absolute atomic E-state index is 0. The number of ether oxygens (including phenoxy) is 3. The second-order valence-electron chi connectivity index (χ2n) is 7.28. The van der Waals surface area contributed by atoms with Gasteiger partial charge in [0.2, 0.25) is 5.91 Å². The Bertz CT molecular complexity index is 606. The van der Waals surface area contributed by atoms with Gasteiger partial charge < -0.3 is 29.7 Å². The second-order valence-corrected chi connectivity index (χ2v) is 7.28. The number of piperidine rings is 1. The standard InChI is InChI=1S/C20H33N3O4.2ClH/c1-23(2)11-12-27-17-6-5-16(13-18(17)26-4)14-22-19(24)20(15-25-3)7-9-21-10-8-20;;/h5-6,13,21H,7-12,14-15H2,1-4H3,(H,22,24);2*1H. The summed E-state index contributed by atoms with van der Waals surface area (Å²) >= 11 is 0. The number of likely N-dealkylation sites (N-methyl/N-ethyl adjacent to an activating group) is 1. The van der Waals surface area contributed by atoms with Gasteiger partial charge in [-0.1, -0.05) is 6.07 Å². The van der Waals surface area contributed by atoms with Gasteiger partial charge in [0.05, 0.1) is 19.1 Å². The van der Waals surface area contributed by atoms with Gasteiger partial charge in [-0.15, -0.1) is 24.8 Å². The van der Waals surface area contributed by atoms with Crippen LogP contribution in [0.25, 0.3) is 0 Å². The topological polar surface area (TPSA) is 72.1 Å².